The van der Waals surface area contributed by atoms with E-state index in [1.807, 2.05) is 31.2 Å². The molecule has 0 spiro atoms. The van der Waals surface area contributed by atoms with Crippen LogP contribution in [0.2, 0.25) is 0 Å². The number of hydrogen-bond acceptors (Lipinski definition) is 3. The van der Waals surface area contributed by atoms with Crippen molar-refractivity contribution in [2.45, 2.75) is 26.7 Å². The number of phenols is 1. The molecule has 20 heavy (non-hydrogen) atoms. The molecular formula is C16H18N2O2. The largest absolute Gasteiger partial charge is 0.507 e. The average Bonchev–Trinajstić information content (AvgIpc) is 2.44. The van der Waals surface area contributed by atoms with Gasteiger partial charge in [0.1, 0.15) is 5.75 Å². The van der Waals surface area contributed by atoms with Gasteiger partial charge in [0.05, 0.1) is 5.56 Å². The molecule has 0 saturated heterocycles. The standard InChI is InChI=1S/C16H18N2O2/c1-3-6-11(2)17-18-16(20)14-9-12-7-4-5-8-13(12)10-15(14)19/h4-5,7-10,19H,3,6H2,1-2H3,(H,18,20)/b17-11+. The molecule has 2 N–H and O–H groups in total. The van der Waals surface area contributed by atoms with E-state index >= 15 is 0 Å². The lowest BCUT2D eigenvalue weighted by Gasteiger charge is -2.06. The van der Waals surface area contributed by atoms with Crippen molar-refractivity contribution in [3.05, 3.63) is 42.0 Å². The lowest BCUT2D eigenvalue weighted by Crippen LogP contribution is -2.19. The third-order valence-corrected chi connectivity index (χ3v) is 3.07. The van der Waals surface area contributed by atoms with Crippen molar-refractivity contribution >= 4 is 22.4 Å². The molecule has 0 radical (unpaired) electrons. The first kappa shape index (κ1) is 14.1. The molecule has 2 aromatic carbocycles. The summed E-state index contributed by atoms with van der Waals surface area (Å²) in [6, 6.07) is 10.8. The molecule has 4 heteroatoms. The van der Waals surface area contributed by atoms with Crippen LogP contribution in [-0.4, -0.2) is 16.7 Å². The van der Waals surface area contributed by atoms with Crippen LogP contribution in [0.4, 0.5) is 0 Å². The zero-order valence-corrected chi connectivity index (χ0v) is 11.7. The summed E-state index contributed by atoms with van der Waals surface area (Å²) in [5.74, 6) is -0.437. The van der Waals surface area contributed by atoms with Crippen molar-refractivity contribution in [3.63, 3.8) is 0 Å². The number of phenolic OH excluding ortho intramolecular Hbond substituents is 1. The van der Waals surface area contributed by atoms with E-state index in [1.54, 1.807) is 12.1 Å². The molecule has 0 heterocycles. The Morgan fingerprint density at radius 3 is 2.55 bits per heavy atom. The molecule has 2 aromatic rings. The van der Waals surface area contributed by atoms with E-state index in [-0.39, 0.29) is 11.3 Å². The number of nitrogens with one attached hydrogen (secondary N) is 1. The fourth-order valence-corrected chi connectivity index (χ4v) is 2.03. The van der Waals surface area contributed by atoms with Gasteiger partial charge in [-0.3, -0.25) is 4.79 Å². The summed E-state index contributed by atoms with van der Waals surface area (Å²) in [6.45, 7) is 3.92. The van der Waals surface area contributed by atoms with Crippen LogP contribution >= 0.6 is 0 Å². The van der Waals surface area contributed by atoms with Crippen molar-refractivity contribution in [2.24, 2.45) is 5.10 Å². The Bertz CT molecular complexity index is 663. The molecule has 0 unspecified atom stereocenters. The van der Waals surface area contributed by atoms with E-state index < -0.39 is 5.91 Å². The molecule has 0 saturated carbocycles. The number of hydrazone groups is 1. The van der Waals surface area contributed by atoms with E-state index in [9.17, 15) is 9.90 Å². The Kier molecular flexibility index (Phi) is 4.35. The Morgan fingerprint density at radius 1 is 1.25 bits per heavy atom. The fourth-order valence-electron chi connectivity index (χ4n) is 2.03. The Balaban J connectivity index is 2.26. The van der Waals surface area contributed by atoms with Gasteiger partial charge in [0, 0.05) is 5.71 Å². The first-order chi connectivity index (χ1) is 9.61. The molecule has 0 aromatic heterocycles. The van der Waals surface area contributed by atoms with E-state index in [1.165, 1.54) is 0 Å². The fraction of sp³-hybridized carbons (Fsp3) is 0.250. The summed E-state index contributed by atoms with van der Waals surface area (Å²) in [5, 5.41) is 15.8. The van der Waals surface area contributed by atoms with Gasteiger partial charge in [0.25, 0.3) is 5.91 Å². The third-order valence-electron chi connectivity index (χ3n) is 3.07. The van der Waals surface area contributed by atoms with Crippen LogP contribution in [0.3, 0.4) is 0 Å². The lowest BCUT2D eigenvalue weighted by molar-refractivity contribution is 0.0952. The summed E-state index contributed by atoms with van der Waals surface area (Å²) in [7, 11) is 0. The van der Waals surface area contributed by atoms with Gasteiger partial charge in [0.15, 0.2) is 0 Å². The predicted octanol–water partition coefficient (Wildman–Crippen LogP) is 3.45. The first-order valence-electron chi connectivity index (χ1n) is 6.67. The molecule has 1 amide bonds. The highest BCUT2D eigenvalue weighted by molar-refractivity contribution is 6.01. The van der Waals surface area contributed by atoms with Crippen molar-refractivity contribution in [1.29, 1.82) is 0 Å². The number of aromatic hydroxyl groups is 1. The summed E-state index contributed by atoms with van der Waals surface area (Å²) < 4.78 is 0. The van der Waals surface area contributed by atoms with Crippen LogP contribution < -0.4 is 5.43 Å². The highest BCUT2D eigenvalue weighted by Crippen LogP contribution is 2.24. The van der Waals surface area contributed by atoms with Gasteiger partial charge in [-0.1, -0.05) is 37.6 Å². The van der Waals surface area contributed by atoms with Gasteiger partial charge < -0.3 is 5.11 Å². The molecular weight excluding hydrogens is 252 g/mol. The molecule has 4 nitrogen and oxygen atoms in total. The highest BCUT2D eigenvalue weighted by Gasteiger charge is 2.11. The monoisotopic (exact) mass is 270 g/mol. The molecule has 0 fully saturated rings. The predicted molar refractivity (Wildman–Crippen MR) is 81.1 cm³/mol. The van der Waals surface area contributed by atoms with E-state index in [0.717, 1.165) is 29.3 Å². The third kappa shape index (κ3) is 3.15. The smallest absolute Gasteiger partial charge is 0.275 e. The number of nitrogens with zero attached hydrogens (tertiary/aromatic N) is 1. The van der Waals surface area contributed by atoms with Crippen LogP contribution in [-0.2, 0) is 0 Å². The molecule has 0 aliphatic carbocycles. The quantitative estimate of drug-likeness (QED) is 0.660. The second kappa shape index (κ2) is 6.19. The second-order valence-corrected chi connectivity index (χ2v) is 4.75. The number of carbonyl (C=O) groups is 1. The van der Waals surface area contributed by atoms with E-state index in [4.69, 9.17) is 0 Å². The molecule has 0 aliphatic heterocycles. The summed E-state index contributed by atoms with van der Waals surface area (Å²) >= 11 is 0. The van der Waals surface area contributed by atoms with Crippen LogP contribution in [0.15, 0.2) is 41.5 Å². The summed E-state index contributed by atoms with van der Waals surface area (Å²) in [4.78, 5) is 12.0. The zero-order valence-electron chi connectivity index (χ0n) is 11.7. The van der Waals surface area contributed by atoms with Gasteiger partial charge in [-0.05, 0) is 36.2 Å². The van der Waals surface area contributed by atoms with E-state index in [2.05, 4.69) is 17.5 Å². The van der Waals surface area contributed by atoms with Crippen LogP contribution in [0.1, 0.15) is 37.0 Å². The summed E-state index contributed by atoms with van der Waals surface area (Å²) in [5.41, 5.74) is 3.57. The van der Waals surface area contributed by atoms with Crippen LogP contribution in [0.5, 0.6) is 5.75 Å². The number of rotatable bonds is 4. The van der Waals surface area contributed by atoms with Crippen LogP contribution in [0, 0.1) is 0 Å². The lowest BCUT2D eigenvalue weighted by atomic mass is 10.1. The van der Waals surface area contributed by atoms with Gasteiger partial charge in [0.2, 0.25) is 0 Å². The van der Waals surface area contributed by atoms with E-state index in [0.29, 0.717) is 0 Å². The first-order valence-corrected chi connectivity index (χ1v) is 6.67. The molecule has 0 aliphatic rings. The molecule has 104 valence electrons. The Labute approximate surface area is 118 Å². The number of fused-ring (bicyclic) bond motifs is 1. The average molecular weight is 270 g/mol. The number of hydrogen-bond donors (Lipinski definition) is 2. The summed E-state index contributed by atoms with van der Waals surface area (Å²) in [6.07, 6.45) is 1.82. The van der Waals surface area contributed by atoms with Crippen molar-refractivity contribution < 1.29 is 9.90 Å². The molecule has 2 rings (SSSR count). The molecule has 0 atom stereocenters. The number of carbonyl (C=O) groups excluding carboxylic acids is 1. The number of amides is 1. The maximum absolute atomic E-state index is 12.0. The highest BCUT2D eigenvalue weighted by atomic mass is 16.3. The van der Waals surface area contributed by atoms with Gasteiger partial charge in [-0.15, -0.1) is 0 Å². The van der Waals surface area contributed by atoms with Gasteiger partial charge >= 0.3 is 0 Å². The van der Waals surface area contributed by atoms with Crippen molar-refractivity contribution in [2.75, 3.05) is 0 Å². The SMILES string of the molecule is CCC/C(C)=N/NC(=O)c1cc2ccccc2cc1O. The maximum Gasteiger partial charge on any atom is 0.275 e. The van der Waals surface area contributed by atoms with Crippen molar-refractivity contribution in [1.82, 2.24) is 5.43 Å². The minimum atomic E-state index is -0.399. The van der Waals surface area contributed by atoms with Crippen LogP contribution in [0.25, 0.3) is 10.8 Å². The normalized spacial score (nSPS) is 11.6. The Hall–Kier alpha value is -2.36. The van der Waals surface area contributed by atoms with Crippen molar-refractivity contribution in [3.8, 4) is 5.75 Å². The molecule has 0 bridgehead atoms. The maximum atomic E-state index is 12.0. The van der Waals surface area contributed by atoms with Gasteiger partial charge in [-0.25, -0.2) is 5.43 Å². The minimum Gasteiger partial charge on any atom is -0.507 e. The minimum absolute atomic E-state index is 0.0375. The van der Waals surface area contributed by atoms with Gasteiger partial charge in [-0.2, -0.15) is 5.10 Å². The number of benzene rings is 2. The topological polar surface area (TPSA) is 61.7 Å². The Morgan fingerprint density at radius 2 is 1.90 bits per heavy atom. The zero-order chi connectivity index (χ0) is 14.5. The second-order valence-electron chi connectivity index (χ2n) is 4.75.